The molecule has 112 valence electrons. The minimum absolute atomic E-state index is 0.136. The first-order chi connectivity index (χ1) is 11.1. The van der Waals surface area contributed by atoms with E-state index < -0.39 is 0 Å². The summed E-state index contributed by atoms with van der Waals surface area (Å²) < 4.78 is 0. The van der Waals surface area contributed by atoms with Gasteiger partial charge < -0.3 is 4.98 Å². The largest absolute Gasteiger partial charge is 0.320 e. The summed E-state index contributed by atoms with van der Waals surface area (Å²) in [5, 5.41) is 9.61. The van der Waals surface area contributed by atoms with E-state index in [1.807, 2.05) is 56.3 Å². The Morgan fingerprint density at radius 2 is 1.61 bits per heavy atom. The number of pyridine rings is 1. The summed E-state index contributed by atoms with van der Waals surface area (Å²) in [5.41, 5.74) is 6.16. The van der Waals surface area contributed by atoms with Gasteiger partial charge in [0.25, 0.3) is 0 Å². The summed E-state index contributed by atoms with van der Waals surface area (Å²) in [6, 6.07) is 15.6. The van der Waals surface area contributed by atoms with Gasteiger partial charge in [0.05, 0.1) is 11.0 Å². The molecule has 0 aliphatic carbocycles. The lowest BCUT2D eigenvalue weighted by Gasteiger charge is -2.08. The summed E-state index contributed by atoms with van der Waals surface area (Å²) in [6.07, 6.45) is 0. The highest BCUT2D eigenvalue weighted by molar-refractivity contribution is 6.05. The second kappa shape index (κ2) is 5.02. The van der Waals surface area contributed by atoms with Crippen LogP contribution in [0.2, 0.25) is 0 Å². The van der Waals surface area contributed by atoms with Crippen molar-refractivity contribution in [3.63, 3.8) is 0 Å². The van der Waals surface area contributed by atoms with Crippen LogP contribution < -0.4 is 5.56 Å². The Bertz CT molecular complexity index is 1100. The van der Waals surface area contributed by atoms with Crippen LogP contribution in [-0.4, -0.2) is 15.2 Å². The lowest BCUT2D eigenvalue weighted by molar-refractivity contribution is 1.11. The minimum Gasteiger partial charge on any atom is -0.320 e. The molecule has 4 nitrogen and oxygen atoms in total. The molecule has 0 atom stereocenters. The van der Waals surface area contributed by atoms with Crippen LogP contribution in [0.4, 0.5) is 0 Å². The molecule has 0 spiro atoms. The highest BCUT2D eigenvalue weighted by atomic mass is 16.1. The van der Waals surface area contributed by atoms with Crippen molar-refractivity contribution in [2.45, 2.75) is 13.8 Å². The third-order valence-electron chi connectivity index (χ3n) is 4.06. The third-order valence-corrected chi connectivity index (χ3v) is 4.06. The highest BCUT2D eigenvalue weighted by Crippen LogP contribution is 2.28. The van der Waals surface area contributed by atoms with E-state index in [0.29, 0.717) is 5.52 Å². The predicted octanol–water partition coefficient (Wildman–Crippen LogP) is 3.76. The molecule has 0 unspecified atom stereocenters. The standard InChI is InChI=1S/C19H15N3O/c1-11-3-6-13(7-4-11)15-10-17(23)20-18-14-8-5-12(2)9-16(14)21-22-19(15)18/h3-10H,1-2H3,(H,20,23). The van der Waals surface area contributed by atoms with E-state index in [-0.39, 0.29) is 5.56 Å². The van der Waals surface area contributed by atoms with Gasteiger partial charge in [-0.15, -0.1) is 10.2 Å². The summed E-state index contributed by atoms with van der Waals surface area (Å²) in [5.74, 6) is 0. The number of fused-ring (bicyclic) bond motifs is 3. The van der Waals surface area contributed by atoms with Crippen LogP contribution in [0.25, 0.3) is 33.1 Å². The molecule has 23 heavy (non-hydrogen) atoms. The quantitative estimate of drug-likeness (QED) is 0.545. The number of benzene rings is 2. The van der Waals surface area contributed by atoms with Gasteiger partial charge in [-0.05, 0) is 31.0 Å². The van der Waals surface area contributed by atoms with Crippen LogP contribution in [-0.2, 0) is 0 Å². The number of nitrogens with zero attached hydrogens (tertiary/aromatic N) is 2. The van der Waals surface area contributed by atoms with Crippen LogP contribution in [0.1, 0.15) is 11.1 Å². The van der Waals surface area contributed by atoms with E-state index in [9.17, 15) is 4.79 Å². The molecule has 0 bridgehead atoms. The Hall–Kier alpha value is -3.01. The van der Waals surface area contributed by atoms with Crippen molar-refractivity contribution in [1.29, 1.82) is 0 Å². The second-order valence-corrected chi connectivity index (χ2v) is 5.86. The summed E-state index contributed by atoms with van der Waals surface area (Å²) in [6.45, 7) is 4.05. The highest BCUT2D eigenvalue weighted by Gasteiger charge is 2.11. The van der Waals surface area contributed by atoms with Crippen molar-refractivity contribution in [3.8, 4) is 11.1 Å². The zero-order chi connectivity index (χ0) is 16.0. The van der Waals surface area contributed by atoms with Crippen molar-refractivity contribution < 1.29 is 0 Å². The fourth-order valence-corrected chi connectivity index (χ4v) is 2.84. The molecular weight excluding hydrogens is 286 g/mol. The van der Waals surface area contributed by atoms with Gasteiger partial charge in [0.2, 0.25) is 5.56 Å². The fraction of sp³-hybridized carbons (Fsp3) is 0.105. The van der Waals surface area contributed by atoms with E-state index >= 15 is 0 Å². The molecule has 0 amide bonds. The van der Waals surface area contributed by atoms with Gasteiger partial charge in [-0.3, -0.25) is 4.79 Å². The number of aromatic nitrogens is 3. The molecule has 2 aromatic heterocycles. The number of H-pyrrole nitrogens is 1. The van der Waals surface area contributed by atoms with Crippen LogP contribution in [0.3, 0.4) is 0 Å². The van der Waals surface area contributed by atoms with Crippen molar-refractivity contribution in [2.24, 2.45) is 0 Å². The number of nitrogens with one attached hydrogen (secondary N) is 1. The molecular formula is C19H15N3O. The van der Waals surface area contributed by atoms with Crippen LogP contribution in [0.15, 0.2) is 53.3 Å². The monoisotopic (exact) mass is 301 g/mol. The number of rotatable bonds is 1. The van der Waals surface area contributed by atoms with E-state index in [1.165, 1.54) is 5.56 Å². The Morgan fingerprint density at radius 3 is 2.39 bits per heavy atom. The van der Waals surface area contributed by atoms with Gasteiger partial charge in [0, 0.05) is 17.0 Å². The maximum atomic E-state index is 12.2. The average molecular weight is 301 g/mol. The molecule has 2 heterocycles. The van der Waals surface area contributed by atoms with Crippen LogP contribution in [0.5, 0.6) is 0 Å². The summed E-state index contributed by atoms with van der Waals surface area (Å²) in [7, 11) is 0. The maximum Gasteiger partial charge on any atom is 0.249 e. The molecule has 0 aliphatic heterocycles. The Morgan fingerprint density at radius 1 is 0.870 bits per heavy atom. The summed E-state index contributed by atoms with van der Waals surface area (Å²) in [4.78, 5) is 15.1. The second-order valence-electron chi connectivity index (χ2n) is 5.86. The smallest absolute Gasteiger partial charge is 0.249 e. The zero-order valence-corrected chi connectivity index (χ0v) is 12.9. The molecule has 0 saturated heterocycles. The average Bonchev–Trinajstić information content (AvgIpc) is 2.54. The molecule has 1 N–H and O–H groups in total. The van der Waals surface area contributed by atoms with E-state index in [1.54, 1.807) is 6.07 Å². The van der Waals surface area contributed by atoms with Crippen molar-refractivity contribution in [2.75, 3.05) is 0 Å². The first-order valence-electron chi connectivity index (χ1n) is 7.49. The van der Waals surface area contributed by atoms with Crippen molar-refractivity contribution >= 4 is 21.9 Å². The van der Waals surface area contributed by atoms with Crippen LogP contribution in [0, 0.1) is 13.8 Å². The molecule has 2 aromatic carbocycles. The molecule has 4 heteroatoms. The molecule has 0 aliphatic rings. The predicted molar refractivity (Wildman–Crippen MR) is 92.6 cm³/mol. The van der Waals surface area contributed by atoms with Crippen LogP contribution >= 0.6 is 0 Å². The van der Waals surface area contributed by atoms with Gasteiger partial charge >= 0.3 is 0 Å². The Labute approximate surface area is 132 Å². The molecule has 0 saturated carbocycles. The molecule has 0 fully saturated rings. The SMILES string of the molecule is Cc1ccc(-c2cc(=O)[nH]c3c2nnc2cc(C)ccc23)cc1. The van der Waals surface area contributed by atoms with Crippen molar-refractivity contribution in [3.05, 3.63) is 70.0 Å². The zero-order valence-electron chi connectivity index (χ0n) is 12.9. The third kappa shape index (κ3) is 2.28. The van der Waals surface area contributed by atoms with E-state index in [0.717, 1.165) is 33.1 Å². The Balaban J connectivity index is 2.11. The maximum absolute atomic E-state index is 12.2. The number of aryl methyl sites for hydroxylation is 2. The van der Waals surface area contributed by atoms with Gasteiger partial charge in [0.1, 0.15) is 5.52 Å². The fourth-order valence-electron chi connectivity index (χ4n) is 2.84. The first-order valence-corrected chi connectivity index (χ1v) is 7.49. The van der Waals surface area contributed by atoms with E-state index in [4.69, 9.17) is 0 Å². The van der Waals surface area contributed by atoms with Gasteiger partial charge in [0.15, 0.2) is 0 Å². The lowest BCUT2D eigenvalue weighted by atomic mass is 10.0. The molecule has 4 rings (SSSR count). The topological polar surface area (TPSA) is 58.6 Å². The molecule has 4 aromatic rings. The Kier molecular flexibility index (Phi) is 2.98. The minimum atomic E-state index is -0.136. The first kappa shape index (κ1) is 13.6. The van der Waals surface area contributed by atoms with E-state index in [2.05, 4.69) is 15.2 Å². The van der Waals surface area contributed by atoms with Gasteiger partial charge in [-0.25, -0.2) is 0 Å². The number of hydrogen-bond donors (Lipinski definition) is 1. The number of hydrogen-bond acceptors (Lipinski definition) is 3. The van der Waals surface area contributed by atoms with Gasteiger partial charge in [-0.2, -0.15) is 0 Å². The normalized spacial score (nSPS) is 11.2. The van der Waals surface area contributed by atoms with Crippen molar-refractivity contribution in [1.82, 2.24) is 15.2 Å². The molecule has 0 radical (unpaired) electrons. The van der Waals surface area contributed by atoms with Gasteiger partial charge in [-0.1, -0.05) is 42.0 Å². The number of aromatic amines is 1. The summed E-state index contributed by atoms with van der Waals surface area (Å²) >= 11 is 0. The lowest BCUT2D eigenvalue weighted by Crippen LogP contribution is -2.07.